The third-order valence-electron chi connectivity index (χ3n) is 2.41. The lowest BCUT2D eigenvalue weighted by Crippen LogP contribution is -2.20. The van der Waals surface area contributed by atoms with Crippen LogP contribution in [-0.4, -0.2) is 12.5 Å². The molecule has 6 heteroatoms. The molecule has 0 fully saturated rings. The first-order valence-electron chi connectivity index (χ1n) is 5.55. The predicted octanol–water partition coefficient (Wildman–Crippen LogP) is 2.06. The van der Waals surface area contributed by atoms with Gasteiger partial charge in [0, 0.05) is 13.0 Å². The Balaban J connectivity index is 2.50. The Morgan fingerprint density at radius 3 is 2.56 bits per heavy atom. The van der Waals surface area contributed by atoms with Crippen molar-refractivity contribution in [3.05, 3.63) is 35.4 Å². The molecule has 1 aromatic carbocycles. The van der Waals surface area contributed by atoms with Crippen molar-refractivity contribution >= 4 is 5.91 Å². The second-order valence-corrected chi connectivity index (χ2v) is 3.90. The van der Waals surface area contributed by atoms with Crippen molar-refractivity contribution in [1.82, 2.24) is 5.32 Å². The van der Waals surface area contributed by atoms with Crippen molar-refractivity contribution in [2.24, 2.45) is 5.73 Å². The van der Waals surface area contributed by atoms with Crippen LogP contribution in [-0.2, 0) is 17.5 Å². The average Bonchev–Trinajstić information content (AvgIpc) is 2.27. The third kappa shape index (κ3) is 4.75. The summed E-state index contributed by atoms with van der Waals surface area (Å²) in [5.74, 6) is -0.410. The highest BCUT2D eigenvalue weighted by Gasteiger charge is 2.32. The van der Waals surface area contributed by atoms with Crippen LogP contribution in [0.3, 0.4) is 0 Å². The molecule has 0 aromatic heterocycles. The summed E-state index contributed by atoms with van der Waals surface area (Å²) in [5.41, 5.74) is 4.52. The number of hydrogen-bond donors (Lipinski definition) is 2. The first kappa shape index (κ1) is 14.5. The van der Waals surface area contributed by atoms with Crippen LogP contribution in [0.4, 0.5) is 13.2 Å². The summed E-state index contributed by atoms with van der Waals surface area (Å²) in [6.07, 6.45) is -3.59. The summed E-state index contributed by atoms with van der Waals surface area (Å²) < 4.78 is 37.9. The second kappa shape index (κ2) is 6.39. The zero-order valence-electron chi connectivity index (χ0n) is 9.76. The average molecular weight is 260 g/mol. The smallest absolute Gasteiger partial charge is 0.370 e. The number of halogens is 3. The van der Waals surface area contributed by atoms with Crippen LogP contribution >= 0.6 is 0 Å². The molecule has 1 rings (SSSR count). The second-order valence-electron chi connectivity index (χ2n) is 3.90. The van der Waals surface area contributed by atoms with Crippen molar-refractivity contribution in [2.75, 3.05) is 6.54 Å². The summed E-state index contributed by atoms with van der Waals surface area (Å²) in [6, 6.07) is 5.42. The van der Waals surface area contributed by atoms with Crippen LogP contribution in [0.2, 0.25) is 0 Å². The van der Waals surface area contributed by atoms with E-state index in [1.807, 2.05) is 0 Å². The van der Waals surface area contributed by atoms with Gasteiger partial charge in [-0.1, -0.05) is 18.2 Å². The van der Waals surface area contributed by atoms with E-state index in [1.54, 1.807) is 6.07 Å². The van der Waals surface area contributed by atoms with E-state index in [2.05, 4.69) is 5.32 Å². The minimum Gasteiger partial charge on any atom is -0.370 e. The Labute approximate surface area is 103 Å². The number of alkyl halides is 3. The number of amides is 1. The number of carbonyl (C=O) groups excluding carboxylic acids is 1. The van der Waals surface area contributed by atoms with Crippen molar-refractivity contribution in [3.8, 4) is 0 Å². The van der Waals surface area contributed by atoms with E-state index in [4.69, 9.17) is 5.73 Å². The molecule has 3 nitrogen and oxygen atoms in total. The van der Waals surface area contributed by atoms with Gasteiger partial charge in [-0.2, -0.15) is 13.2 Å². The van der Waals surface area contributed by atoms with Gasteiger partial charge in [0.15, 0.2) is 0 Å². The van der Waals surface area contributed by atoms with E-state index in [0.717, 1.165) is 6.07 Å². The van der Waals surface area contributed by atoms with E-state index in [0.29, 0.717) is 13.0 Å². The van der Waals surface area contributed by atoms with Crippen LogP contribution in [0.1, 0.15) is 24.0 Å². The lowest BCUT2D eigenvalue weighted by molar-refractivity contribution is -0.138. The maximum Gasteiger partial charge on any atom is 0.416 e. The fraction of sp³-hybridized carbons (Fsp3) is 0.417. The quantitative estimate of drug-likeness (QED) is 0.769. The van der Waals surface area contributed by atoms with E-state index >= 15 is 0 Å². The summed E-state index contributed by atoms with van der Waals surface area (Å²) in [4.78, 5) is 10.5. The van der Waals surface area contributed by atoms with Gasteiger partial charge >= 0.3 is 6.18 Å². The van der Waals surface area contributed by atoms with E-state index in [9.17, 15) is 18.0 Å². The number of nitrogens with two attached hydrogens (primary N) is 1. The molecule has 100 valence electrons. The number of primary amides is 1. The number of carbonyl (C=O) groups is 1. The first-order valence-corrected chi connectivity index (χ1v) is 5.55. The standard InChI is InChI=1S/C12H15F3N2O/c13-12(14,15)10-5-2-1-4-9(10)8-17-7-3-6-11(16)18/h1-2,4-5,17H,3,6-8H2,(H2,16,18). The highest BCUT2D eigenvalue weighted by molar-refractivity contribution is 5.73. The van der Waals surface area contributed by atoms with Crippen LogP contribution in [0.15, 0.2) is 24.3 Å². The molecule has 1 amide bonds. The van der Waals surface area contributed by atoms with Gasteiger partial charge in [0.05, 0.1) is 5.56 Å². The Bertz CT molecular complexity index is 405. The highest BCUT2D eigenvalue weighted by Crippen LogP contribution is 2.31. The van der Waals surface area contributed by atoms with Crippen LogP contribution in [0.5, 0.6) is 0 Å². The zero-order chi connectivity index (χ0) is 13.6. The minimum atomic E-state index is -4.34. The lowest BCUT2D eigenvalue weighted by atomic mass is 10.1. The monoisotopic (exact) mass is 260 g/mol. The molecule has 0 aliphatic heterocycles. The van der Waals surface area contributed by atoms with E-state index in [1.165, 1.54) is 12.1 Å². The molecule has 0 radical (unpaired) electrons. The number of hydrogen-bond acceptors (Lipinski definition) is 2. The van der Waals surface area contributed by atoms with Crippen molar-refractivity contribution in [2.45, 2.75) is 25.6 Å². The molecule has 1 aromatic rings. The molecule has 0 unspecified atom stereocenters. The summed E-state index contributed by atoms with van der Waals surface area (Å²) >= 11 is 0. The topological polar surface area (TPSA) is 55.1 Å². The maximum absolute atomic E-state index is 12.6. The van der Waals surface area contributed by atoms with Crippen molar-refractivity contribution in [3.63, 3.8) is 0 Å². The van der Waals surface area contributed by atoms with Gasteiger partial charge in [-0.05, 0) is 24.6 Å². The first-order chi connectivity index (χ1) is 8.41. The molecule has 0 spiro atoms. The minimum absolute atomic E-state index is 0.119. The van der Waals surface area contributed by atoms with Gasteiger partial charge in [0.1, 0.15) is 0 Å². The third-order valence-corrected chi connectivity index (χ3v) is 2.41. The molecule has 0 saturated carbocycles. The lowest BCUT2D eigenvalue weighted by Gasteiger charge is -2.13. The molecular weight excluding hydrogens is 245 g/mol. The molecule has 0 saturated heterocycles. The fourth-order valence-electron chi connectivity index (χ4n) is 1.56. The normalized spacial score (nSPS) is 11.5. The SMILES string of the molecule is NC(=O)CCCNCc1ccccc1C(F)(F)F. The molecule has 0 aliphatic carbocycles. The van der Waals surface area contributed by atoms with Gasteiger partial charge in [-0.25, -0.2) is 0 Å². The Kier molecular flexibility index (Phi) is 5.15. The molecular formula is C12H15F3N2O. The largest absolute Gasteiger partial charge is 0.416 e. The van der Waals surface area contributed by atoms with Gasteiger partial charge in [0.2, 0.25) is 5.91 Å². The number of rotatable bonds is 6. The molecule has 0 bridgehead atoms. The van der Waals surface area contributed by atoms with Crippen LogP contribution in [0, 0.1) is 0 Å². The molecule has 0 heterocycles. The predicted molar refractivity (Wildman–Crippen MR) is 61.6 cm³/mol. The molecule has 3 N–H and O–H groups in total. The number of nitrogens with one attached hydrogen (secondary N) is 1. The highest BCUT2D eigenvalue weighted by atomic mass is 19.4. The van der Waals surface area contributed by atoms with Gasteiger partial charge in [-0.15, -0.1) is 0 Å². The van der Waals surface area contributed by atoms with Gasteiger partial charge in [0.25, 0.3) is 0 Å². The summed E-state index contributed by atoms with van der Waals surface area (Å²) in [6.45, 7) is 0.573. The molecule has 0 atom stereocenters. The fourth-order valence-corrected chi connectivity index (χ4v) is 1.56. The Morgan fingerprint density at radius 1 is 1.28 bits per heavy atom. The van der Waals surface area contributed by atoms with Crippen molar-refractivity contribution in [1.29, 1.82) is 0 Å². The molecule has 0 aliphatic rings. The Morgan fingerprint density at radius 2 is 1.94 bits per heavy atom. The maximum atomic E-state index is 12.6. The summed E-state index contributed by atoms with van der Waals surface area (Å²) in [5, 5.41) is 2.86. The zero-order valence-corrected chi connectivity index (χ0v) is 9.76. The van der Waals surface area contributed by atoms with Crippen molar-refractivity contribution < 1.29 is 18.0 Å². The van der Waals surface area contributed by atoms with Crippen LogP contribution in [0.25, 0.3) is 0 Å². The van der Waals surface area contributed by atoms with Crippen LogP contribution < -0.4 is 11.1 Å². The van der Waals surface area contributed by atoms with E-state index in [-0.39, 0.29) is 18.5 Å². The van der Waals surface area contributed by atoms with E-state index < -0.39 is 17.6 Å². The molecule has 18 heavy (non-hydrogen) atoms. The van der Waals surface area contributed by atoms with Gasteiger partial charge in [-0.3, -0.25) is 4.79 Å². The number of benzene rings is 1. The van der Waals surface area contributed by atoms with Gasteiger partial charge < -0.3 is 11.1 Å². The Hall–Kier alpha value is -1.56. The summed E-state index contributed by atoms with van der Waals surface area (Å²) in [7, 11) is 0.